The van der Waals surface area contributed by atoms with Gasteiger partial charge in [-0.15, -0.1) is 11.3 Å². The molecule has 1 aliphatic carbocycles. The fourth-order valence-corrected chi connectivity index (χ4v) is 6.33. The van der Waals surface area contributed by atoms with Gasteiger partial charge in [0.15, 0.2) is 5.16 Å². The Morgan fingerprint density at radius 3 is 2.68 bits per heavy atom. The molecule has 0 aliphatic heterocycles. The van der Waals surface area contributed by atoms with Gasteiger partial charge in [-0.25, -0.2) is 23.5 Å². The summed E-state index contributed by atoms with van der Waals surface area (Å²) in [6, 6.07) is 5.68. The number of hydrogen-bond donors (Lipinski definition) is 3. The van der Waals surface area contributed by atoms with Crippen LogP contribution in [-0.4, -0.2) is 29.5 Å². The Morgan fingerprint density at radius 2 is 2.00 bits per heavy atom. The first kappa shape index (κ1) is 22.0. The second kappa shape index (κ2) is 8.38. The zero-order chi connectivity index (χ0) is 22.3. The lowest BCUT2D eigenvalue weighted by atomic mass is 9.89. The number of hydrogen-bond acceptors (Lipinski definition) is 8. The standard InChI is InChI=1S/C20H23N5O3S3/c1-10-3-8-14-15(9-10)30-19-16(14)17(21)24-20(25-19)29-11(2)18(26)23-12-4-6-13(7-5-12)31(22,27)28/h4-7,10-11H,3,8-9H2,1-2H3,(H,23,26)(H2,21,24,25)(H2,22,27,28). The van der Waals surface area contributed by atoms with E-state index in [1.807, 2.05) is 0 Å². The van der Waals surface area contributed by atoms with Gasteiger partial charge in [0, 0.05) is 10.6 Å². The predicted octanol–water partition coefficient (Wildman–Crippen LogP) is 3.17. The summed E-state index contributed by atoms with van der Waals surface area (Å²) in [7, 11) is -3.78. The van der Waals surface area contributed by atoms with Crippen molar-refractivity contribution >= 4 is 60.8 Å². The molecule has 0 saturated heterocycles. The molecule has 2 heterocycles. The predicted molar refractivity (Wildman–Crippen MR) is 125 cm³/mol. The lowest BCUT2D eigenvalue weighted by Crippen LogP contribution is -2.22. The summed E-state index contributed by atoms with van der Waals surface area (Å²) in [6.07, 6.45) is 3.19. The second-order valence-corrected chi connectivity index (χ2v) is 11.7. The number of nitrogens with two attached hydrogens (primary N) is 2. The molecule has 31 heavy (non-hydrogen) atoms. The first-order chi connectivity index (χ1) is 14.6. The van der Waals surface area contributed by atoms with Crippen molar-refractivity contribution in [3.8, 4) is 0 Å². The number of carbonyl (C=O) groups excluding carboxylic acids is 1. The van der Waals surface area contributed by atoms with E-state index in [1.54, 1.807) is 18.3 Å². The Morgan fingerprint density at radius 1 is 1.29 bits per heavy atom. The highest BCUT2D eigenvalue weighted by atomic mass is 32.2. The molecule has 1 aromatic carbocycles. The van der Waals surface area contributed by atoms with E-state index >= 15 is 0 Å². The Kier molecular flexibility index (Phi) is 5.95. The normalized spacial score (nSPS) is 17.3. The first-order valence-corrected chi connectivity index (χ1v) is 13.0. The van der Waals surface area contributed by atoms with Gasteiger partial charge in [-0.2, -0.15) is 0 Å². The van der Waals surface area contributed by atoms with E-state index in [-0.39, 0.29) is 10.8 Å². The number of thiophene rings is 1. The van der Waals surface area contributed by atoms with Gasteiger partial charge in [0.2, 0.25) is 15.9 Å². The number of primary sulfonamides is 1. The van der Waals surface area contributed by atoms with E-state index in [0.717, 1.165) is 29.5 Å². The highest BCUT2D eigenvalue weighted by Crippen LogP contribution is 2.40. The van der Waals surface area contributed by atoms with Crippen LogP contribution in [0.25, 0.3) is 10.2 Å². The van der Waals surface area contributed by atoms with Crippen LogP contribution in [0.2, 0.25) is 0 Å². The van der Waals surface area contributed by atoms with Gasteiger partial charge < -0.3 is 11.1 Å². The van der Waals surface area contributed by atoms with Gasteiger partial charge >= 0.3 is 0 Å². The second-order valence-electron chi connectivity index (χ2n) is 7.74. The van der Waals surface area contributed by atoms with Gasteiger partial charge in [-0.05, 0) is 61.9 Å². The number of rotatable bonds is 5. The smallest absolute Gasteiger partial charge is 0.238 e. The number of aryl methyl sites for hydroxylation is 1. The molecule has 4 rings (SSSR count). The third-order valence-corrected chi connectivity index (χ3v) is 8.30. The fraction of sp³-hybridized carbons (Fsp3) is 0.350. The topological polar surface area (TPSA) is 141 Å². The molecule has 0 bridgehead atoms. The quantitative estimate of drug-likeness (QED) is 0.378. The van der Waals surface area contributed by atoms with Crippen LogP contribution in [0.4, 0.5) is 11.5 Å². The minimum atomic E-state index is -3.78. The fourth-order valence-electron chi connectivity index (χ4n) is 3.59. The highest BCUT2D eigenvalue weighted by Gasteiger charge is 2.24. The first-order valence-electron chi connectivity index (χ1n) is 9.80. The highest BCUT2D eigenvalue weighted by molar-refractivity contribution is 8.00. The molecule has 0 radical (unpaired) electrons. The summed E-state index contributed by atoms with van der Waals surface area (Å²) in [5, 5.41) is 8.79. The molecule has 1 aliphatic rings. The van der Waals surface area contributed by atoms with Gasteiger partial charge in [-0.3, -0.25) is 4.79 Å². The maximum atomic E-state index is 12.6. The molecule has 8 nitrogen and oxygen atoms in total. The number of fused-ring (bicyclic) bond motifs is 3. The van der Waals surface area contributed by atoms with Crippen LogP contribution in [0, 0.1) is 5.92 Å². The summed E-state index contributed by atoms with van der Waals surface area (Å²) >= 11 is 2.90. The number of aromatic nitrogens is 2. The summed E-state index contributed by atoms with van der Waals surface area (Å²) in [5.74, 6) is 0.868. The van der Waals surface area contributed by atoms with Crippen LogP contribution in [0.3, 0.4) is 0 Å². The number of anilines is 2. The zero-order valence-corrected chi connectivity index (χ0v) is 19.5. The van der Waals surface area contributed by atoms with Crippen molar-refractivity contribution in [2.24, 2.45) is 11.1 Å². The number of carbonyl (C=O) groups is 1. The molecule has 164 valence electrons. The van der Waals surface area contributed by atoms with Crippen molar-refractivity contribution in [3.05, 3.63) is 34.7 Å². The Labute approximate surface area is 188 Å². The van der Waals surface area contributed by atoms with Crippen LogP contribution in [0.1, 0.15) is 30.7 Å². The molecular formula is C20H23N5O3S3. The van der Waals surface area contributed by atoms with Gasteiger partial charge in [0.1, 0.15) is 10.6 Å². The molecule has 1 amide bonds. The number of nitrogen functional groups attached to an aromatic ring is 1. The van der Waals surface area contributed by atoms with Crippen molar-refractivity contribution in [3.63, 3.8) is 0 Å². The Hall–Kier alpha value is -2.21. The number of benzene rings is 1. The average molecular weight is 478 g/mol. The number of nitrogens with zero attached hydrogens (tertiary/aromatic N) is 2. The van der Waals surface area contributed by atoms with Gasteiger partial charge in [0.05, 0.1) is 15.5 Å². The summed E-state index contributed by atoms with van der Waals surface area (Å²) in [6.45, 7) is 4.01. The molecule has 0 saturated carbocycles. The largest absolute Gasteiger partial charge is 0.383 e. The molecule has 3 aromatic rings. The molecular weight excluding hydrogens is 454 g/mol. The van der Waals surface area contributed by atoms with E-state index in [9.17, 15) is 13.2 Å². The molecule has 5 N–H and O–H groups in total. The zero-order valence-electron chi connectivity index (χ0n) is 17.1. The van der Waals surface area contributed by atoms with Crippen molar-refractivity contribution in [2.75, 3.05) is 11.1 Å². The SMILES string of the molecule is CC1CCc2c(sc3nc(SC(C)C(=O)Nc4ccc(S(N)(=O)=O)cc4)nc(N)c23)C1. The minimum absolute atomic E-state index is 0.0156. The third-order valence-electron chi connectivity index (χ3n) is 5.26. The van der Waals surface area contributed by atoms with Crippen molar-refractivity contribution in [2.45, 2.75) is 48.4 Å². The van der Waals surface area contributed by atoms with E-state index in [1.165, 1.54) is 46.5 Å². The minimum Gasteiger partial charge on any atom is -0.383 e. The van der Waals surface area contributed by atoms with Crippen molar-refractivity contribution < 1.29 is 13.2 Å². The number of amides is 1. The molecule has 2 atom stereocenters. The number of sulfonamides is 1. The Bertz CT molecular complexity index is 1260. The molecule has 0 fully saturated rings. The van der Waals surface area contributed by atoms with Crippen LogP contribution >= 0.6 is 23.1 Å². The lowest BCUT2D eigenvalue weighted by molar-refractivity contribution is -0.115. The summed E-state index contributed by atoms with van der Waals surface area (Å²) in [5.41, 5.74) is 8.02. The molecule has 11 heteroatoms. The maximum absolute atomic E-state index is 12.6. The Balaban J connectivity index is 1.49. The molecule has 0 spiro atoms. The maximum Gasteiger partial charge on any atom is 0.238 e. The number of nitrogens with one attached hydrogen (secondary N) is 1. The van der Waals surface area contributed by atoms with Crippen molar-refractivity contribution in [1.82, 2.24) is 9.97 Å². The monoisotopic (exact) mass is 477 g/mol. The van der Waals surface area contributed by atoms with Crippen LogP contribution in [-0.2, 0) is 27.7 Å². The van der Waals surface area contributed by atoms with Gasteiger partial charge in [-0.1, -0.05) is 18.7 Å². The van der Waals surface area contributed by atoms with E-state index in [4.69, 9.17) is 10.9 Å². The van der Waals surface area contributed by atoms with E-state index in [2.05, 4.69) is 22.2 Å². The van der Waals surface area contributed by atoms with Crippen LogP contribution in [0.15, 0.2) is 34.3 Å². The van der Waals surface area contributed by atoms with Crippen LogP contribution in [0.5, 0.6) is 0 Å². The average Bonchev–Trinajstić information content (AvgIpc) is 3.05. The van der Waals surface area contributed by atoms with E-state index < -0.39 is 15.3 Å². The molecule has 2 aromatic heterocycles. The van der Waals surface area contributed by atoms with Crippen molar-refractivity contribution in [1.29, 1.82) is 0 Å². The summed E-state index contributed by atoms with van der Waals surface area (Å²) < 4.78 is 22.7. The third kappa shape index (κ3) is 4.69. The number of thioether (sulfide) groups is 1. The lowest BCUT2D eigenvalue weighted by Gasteiger charge is -2.17. The molecule has 2 unspecified atom stereocenters. The summed E-state index contributed by atoms with van der Waals surface area (Å²) in [4.78, 5) is 23.9. The van der Waals surface area contributed by atoms with Gasteiger partial charge in [0.25, 0.3) is 0 Å². The van der Waals surface area contributed by atoms with Crippen LogP contribution < -0.4 is 16.2 Å². The van der Waals surface area contributed by atoms with E-state index in [0.29, 0.717) is 22.6 Å².